The Morgan fingerprint density at radius 2 is 2.21 bits per heavy atom. The number of nitrogens with two attached hydrogens (primary N) is 1. The molecule has 19 heavy (non-hydrogen) atoms. The van der Waals surface area contributed by atoms with Crippen LogP contribution in [0, 0.1) is 5.92 Å². The first kappa shape index (κ1) is 14.4. The molecule has 3 nitrogen and oxygen atoms in total. The fourth-order valence-electron chi connectivity index (χ4n) is 2.91. The highest BCUT2D eigenvalue weighted by atomic mass is 32.1. The van der Waals surface area contributed by atoms with Gasteiger partial charge in [-0.05, 0) is 37.2 Å². The number of carbonyl (C=O) groups excluding carboxylic acids is 1. The first-order valence-electron chi connectivity index (χ1n) is 7.35. The summed E-state index contributed by atoms with van der Waals surface area (Å²) in [7, 11) is 0. The van der Waals surface area contributed by atoms with Crippen LogP contribution < -0.4 is 11.1 Å². The monoisotopic (exact) mass is 280 g/mol. The minimum atomic E-state index is 0.0193. The first-order chi connectivity index (χ1) is 9.17. The van der Waals surface area contributed by atoms with Gasteiger partial charge in [0.15, 0.2) is 0 Å². The molecule has 0 saturated heterocycles. The van der Waals surface area contributed by atoms with Crippen LogP contribution in [0.1, 0.15) is 60.3 Å². The number of hydrogen-bond acceptors (Lipinski definition) is 3. The summed E-state index contributed by atoms with van der Waals surface area (Å²) in [6.07, 6.45) is 6.81. The Hall–Kier alpha value is -1.03. The fraction of sp³-hybridized carbons (Fsp3) is 0.667. The topological polar surface area (TPSA) is 55.1 Å². The molecule has 3 N–H and O–H groups in total. The molecule has 1 aromatic rings. The Morgan fingerprint density at radius 3 is 2.89 bits per heavy atom. The van der Waals surface area contributed by atoms with Crippen molar-refractivity contribution in [3.8, 4) is 0 Å². The predicted molar refractivity (Wildman–Crippen MR) is 81.8 cm³/mol. The Labute approximate surface area is 119 Å². The molecule has 0 bridgehead atoms. The van der Waals surface area contributed by atoms with Crippen LogP contribution in [0.4, 0.5) is 5.00 Å². The minimum absolute atomic E-state index is 0.0193. The second kappa shape index (κ2) is 6.42. The lowest BCUT2D eigenvalue weighted by molar-refractivity contribution is 0.0953. The number of fused-ring (bicyclic) bond motifs is 1. The van der Waals surface area contributed by atoms with Crippen LogP contribution in [-0.4, -0.2) is 12.5 Å². The van der Waals surface area contributed by atoms with E-state index in [1.165, 1.54) is 29.7 Å². The lowest BCUT2D eigenvalue weighted by Gasteiger charge is -2.22. The molecule has 0 saturated carbocycles. The standard InChI is InChI=1S/C15H24N2OS/c1-3-5-10-6-7-11-12(9-10)19-14(16)13(11)15(18)17-8-4-2/h10H,3-9,16H2,1-2H3,(H,17,18). The highest BCUT2D eigenvalue weighted by Gasteiger charge is 2.27. The van der Waals surface area contributed by atoms with Crippen LogP contribution in [-0.2, 0) is 12.8 Å². The molecule has 1 heterocycles. The van der Waals surface area contributed by atoms with Gasteiger partial charge in [0.1, 0.15) is 0 Å². The molecule has 1 unspecified atom stereocenters. The molecule has 106 valence electrons. The zero-order chi connectivity index (χ0) is 13.8. The normalized spacial score (nSPS) is 18.1. The van der Waals surface area contributed by atoms with Crippen LogP contribution in [0.15, 0.2) is 0 Å². The van der Waals surface area contributed by atoms with Crippen molar-refractivity contribution in [3.05, 3.63) is 16.0 Å². The third-order valence-corrected chi connectivity index (χ3v) is 4.94. The lowest BCUT2D eigenvalue weighted by atomic mass is 9.84. The van der Waals surface area contributed by atoms with Crippen molar-refractivity contribution in [2.45, 2.75) is 52.4 Å². The maximum atomic E-state index is 12.2. The van der Waals surface area contributed by atoms with Gasteiger partial charge < -0.3 is 11.1 Å². The van der Waals surface area contributed by atoms with Gasteiger partial charge in [-0.1, -0.05) is 26.7 Å². The predicted octanol–water partition coefficient (Wildman–Crippen LogP) is 3.38. The molecule has 0 aliphatic heterocycles. The Kier molecular flexibility index (Phi) is 4.86. The zero-order valence-electron chi connectivity index (χ0n) is 11.9. The largest absolute Gasteiger partial charge is 0.390 e. The van der Waals surface area contributed by atoms with E-state index in [0.29, 0.717) is 5.00 Å². The molecular formula is C15H24N2OS. The summed E-state index contributed by atoms with van der Waals surface area (Å²) >= 11 is 1.63. The summed E-state index contributed by atoms with van der Waals surface area (Å²) < 4.78 is 0. The van der Waals surface area contributed by atoms with Gasteiger partial charge >= 0.3 is 0 Å². The Bertz CT molecular complexity index is 453. The highest BCUT2D eigenvalue weighted by Crippen LogP contribution is 2.39. The second-order valence-corrected chi connectivity index (χ2v) is 6.53. The highest BCUT2D eigenvalue weighted by molar-refractivity contribution is 7.16. The molecule has 1 aliphatic rings. The van der Waals surface area contributed by atoms with Crippen molar-refractivity contribution < 1.29 is 4.79 Å². The van der Waals surface area contributed by atoms with E-state index in [1.54, 1.807) is 11.3 Å². The number of thiophene rings is 1. The summed E-state index contributed by atoms with van der Waals surface area (Å²) in [5, 5.41) is 3.65. The van der Waals surface area contributed by atoms with Crippen molar-refractivity contribution in [2.75, 3.05) is 12.3 Å². The SMILES string of the molecule is CCCNC(=O)c1c(N)sc2c1CCC(CCC)C2. The lowest BCUT2D eigenvalue weighted by Crippen LogP contribution is -2.26. The summed E-state index contributed by atoms with van der Waals surface area (Å²) in [6, 6.07) is 0. The van der Waals surface area contributed by atoms with Crippen molar-refractivity contribution in [1.82, 2.24) is 5.32 Å². The smallest absolute Gasteiger partial charge is 0.254 e. The van der Waals surface area contributed by atoms with Gasteiger partial charge in [0, 0.05) is 11.4 Å². The number of nitrogens with one attached hydrogen (secondary N) is 1. The molecule has 0 spiro atoms. The average Bonchev–Trinajstić information content (AvgIpc) is 2.71. The number of amides is 1. The van der Waals surface area contributed by atoms with Gasteiger partial charge in [0.25, 0.3) is 5.91 Å². The molecule has 1 aliphatic carbocycles. The maximum absolute atomic E-state index is 12.2. The molecule has 1 aromatic heterocycles. The Balaban J connectivity index is 2.17. The van der Waals surface area contributed by atoms with Crippen molar-refractivity contribution in [3.63, 3.8) is 0 Å². The van der Waals surface area contributed by atoms with Gasteiger partial charge in [-0.2, -0.15) is 0 Å². The first-order valence-corrected chi connectivity index (χ1v) is 8.17. The van der Waals surface area contributed by atoms with E-state index in [1.807, 2.05) is 0 Å². The average molecular weight is 280 g/mol. The number of hydrogen-bond donors (Lipinski definition) is 2. The van der Waals surface area contributed by atoms with Crippen LogP contribution in [0.3, 0.4) is 0 Å². The fourth-order valence-corrected chi connectivity index (χ4v) is 4.14. The third-order valence-electron chi connectivity index (χ3n) is 3.85. The van der Waals surface area contributed by atoms with E-state index >= 15 is 0 Å². The van der Waals surface area contributed by atoms with Crippen LogP contribution in [0.5, 0.6) is 0 Å². The van der Waals surface area contributed by atoms with E-state index in [0.717, 1.165) is 37.3 Å². The van der Waals surface area contributed by atoms with Crippen molar-refractivity contribution in [2.24, 2.45) is 5.92 Å². The van der Waals surface area contributed by atoms with E-state index in [4.69, 9.17) is 5.73 Å². The number of rotatable bonds is 5. The zero-order valence-corrected chi connectivity index (χ0v) is 12.7. The number of carbonyl (C=O) groups is 1. The quantitative estimate of drug-likeness (QED) is 0.868. The summed E-state index contributed by atoms with van der Waals surface area (Å²) in [6.45, 7) is 5.02. The third kappa shape index (κ3) is 3.11. The van der Waals surface area contributed by atoms with Gasteiger partial charge in [-0.15, -0.1) is 11.3 Å². The van der Waals surface area contributed by atoms with Gasteiger partial charge in [0.05, 0.1) is 10.6 Å². The van der Waals surface area contributed by atoms with Crippen LogP contribution >= 0.6 is 11.3 Å². The number of anilines is 1. The Morgan fingerprint density at radius 1 is 1.42 bits per heavy atom. The molecule has 0 aromatic carbocycles. The van der Waals surface area contributed by atoms with Gasteiger partial charge in [-0.25, -0.2) is 0 Å². The molecule has 4 heteroatoms. The molecule has 1 amide bonds. The summed E-state index contributed by atoms with van der Waals surface area (Å²) in [5.41, 5.74) is 8.06. The van der Waals surface area contributed by atoms with E-state index in [2.05, 4.69) is 19.2 Å². The molecule has 1 atom stereocenters. The number of nitrogen functional groups attached to an aromatic ring is 1. The van der Waals surface area contributed by atoms with E-state index < -0.39 is 0 Å². The molecule has 2 rings (SSSR count). The van der Waals surface area contributed by atoms with Gasteiger partial charge in [-0.3, -0.25) is 4.79 Å². The van der Waals surface area contributed by atoms with Gasteiger partial charge in [0.2, 0.25) is 0 Å². The van der Waals surface area contributed by atoms with E-state index in [9.17, 15) is 4.79 Å². The second-order valence-electron chi connectivity index (χ2n) is 5.40. The molecule has 0 radical (unpaired) electrons. The van der Waals surface area contributed by atoms with Crippen LogP contribution in [0.2, 0.25) is 0 Å². The maximum Gasteiger partial charge on any atom is 0.254 e. The minimum Gasteiger partial charge on any atom is -0.390 e. The van der Waals surface area contributed by atoms with Crippen molar-refractivity contribution >= 4 is 22.2 Å². The molecular weight excluding hydrogens is 256 g/mol. The molecule has 0 fully saturated rings. The van der Waals surface area contributed by atoms with Crippen LogP contribution in [0.25, 0.3) is 0 Å². The van der Waals surface area contributed by atoms with E-state index in [-0.39, 0.29) is 5.91 Å². The summed E-state index contributed by atoms with van der Waals surface area (Å²) in [4.78, 5) is 13.5. The summed E-state index contributed by atoms with van der Waals surface area (Å²) in [5.74, 6) is 0.799. The van der Waals surface area contributed by atoms with Crippen molar-refractivity contribution in [1.29, 1.82) is 0 Å².